The van der Waals surface area contributed by atoms with Gasteiger partial charge in [-0.15, -0.1) is 0 Å². The van der Waals surface area contributed by atoms with Crippen molar-refractivity contribution in [2.45, 2.75) is 84.6 Å². The highest BCUT2D eigenvalue weighted by atomic mass is 16.5. The van der Waals surface area contributed by atoms with Gasteiger partial charge < -0.3 is 14.5 Å². The van der Waals surface area contributed by atoms with Crippen molar-refractivity contribution in [3.63, 3.8) is 0 Å². The van der Waals surface area contributed by atoms with Crippen LogP contribution in [-0.2, 0) is 20.4 Å². The first-order valence-electron chi connectivity index (χ1n) is 11.6. The summed E-state index contributed by atoms with van der Waals surface area (Å²) < 4.78 is 10.5. The largest absolute Gasteiger partial charge is 0.466 e. The summed E-state index contributed by atoms with van der Waals surface area (Å²) >= 11 is 0. The van der Waals surface area contributed by atoms with E-state index < -0.39 is 11.9 Å². The topological polar surface area (TPSA) is 85.6 Å². The van der Waals surface area contributed by atoms with E-state index >= 15 is 0 Å². The molecule has 0 spiro atoms. The van der Waals surface area contributed by atoms with E-state index in [1.54, 1.807) is 13.8 Å². The van der Waals surface area contributed by atoms with Crippen LogP contribution in [0.1, 0.15) is 104 Å². The van der Waals surface area contributed by atoms with E-state index in [-0.39, 0.29) is 40.5 Å². The lowest BCUT2D eigenvalue weighted by Crippen LogP contribution is -2.34. The van der Waals surface area contributed by atoms with Crippen LogP contribution < -0.4 is 5.32 Å². The average Bonchev–Trinajstić information content (AvgIpc) is 3.21. The molecule has 0 saturated carbocycles. The minimum absolute atomic E-state index is 0.0170. The van der Waals surface area contributed by atoms with Crippen LogP contribution in [0.15, 0.2) is 28.7 Å². The lowest BCUT2D eigenvalue weighted by atomic mass is 9.62. The van der Waals surface area contributed by atoms with Crippen LogP contribution in [0, 0.1) is 6.92 Å². The summed E-state index contributed by atoms with van der Waals surface area (Å²) in [6.45, 7) is 14.6. The highest BCUT2D eigenvalue weighted by Gasteiger charge is 2.38. The second kappa shape index (κ2) is 9.16. The van der Waals surface area contributed by atoms with E-state index in [9.17, 15) is 14.4 Å². The van der Waals surface area contributed by atoms with Gasteiger partial charge in [0.15, 0.2) is 11.5 Å². The van der Waals surface area contributed by atoms with Crippen LogP contribution in [-0.4, -0.2) is 30.3 Å². The van der Waals surface area contributed by atoms with Gasteiger partial charge in [0.25, 0.3) is 5.91 Å². The number of carbonyl (C=O) groups is 3. The Labute approximate surface area is 196 Å². The fraction of sp³-hybridized carbons (Fsp3) is 0.519. The molecule has 1 amide bonds. The normalized spacial score (nSPS) is 17.1. The molecule has 0 bridgehead atoms. The summed E-state index contributed by atoms with van der Waals surface area (Å²) in [5.41, 5.74) is 4.03. The van der Waals surface area contributed by atoms with Gasteiger partial charge in [-0.3, -0.25) is 14.4 Å². The molecule has 1 aliphatic carbocycles. The number of rotatable bonds is 7. The molecule has 0 radical (unpaired) electrons. The molecule has 1 aliphatic rings. The number of hydrogen-bond acceptors (Lipinski definition) is 5. The molecule has 1 heterocycles. The van der Waals surface area contributed by atoms with Gasteiger partial charge in [-0.25, -0.2) is 0 Å². The number of nitrogens with one attached hydrogen (secondary N) is 1. The Balaban J connectivity index is 1.82. The van der Waals surface area contributed by atoms with Crippen LogP contribution in [0.4, 0.5) is 0 Å². The van der Waals surface area contributed by atoms with Crippen LogP contribution in [0.5, 0.6) is 0 Å². The molecule has 178 valence electrons. The van der Waals surface area contributed by atoms with Gasteiger partial charge in [0, 0.05) is 11.6 Å². The van der Waals surface area contributed by atoms with E-state index in [2.05, 4.69) is 39.1 Å². The standard InChI is InChI=1S/C27H35NO5/c1-8-32-23(29)14-17(3)28-25(31)22-10-9-21(33-22)24(30)18-15-20-19(13-16(18)2)26(4,5)11-12-27(20,6)7/h9-10,13,15,17H,8,11-12,14H2,1-7H3,(H,28,31). The van der Waals surface area contributed by atoms with Gasteiger partial charge in [-0.05, 0) is 79.3 Å². The Morgan fingerprint density at radius 2 is 1.61 bits per heavy atom. The molecule has 0 fully saturated rings. The number of benzene rings is 1. The number of fused-ring (bicyclic) bond motifs is 1. The number of aryl methyl sites for hydroxylation is 1. The fourth-order valence-corrected chi connectivity index (χ4v) is 4.50. The summed E-state index contributed by atoms with van der Waals surface area (Å²) in [6.07, 6.45) is 2.22. The quantitative estimate of drug-likeness (QED) is 0.458. The van der Waals surface area contributed by atoms with Crippen molar-refractivity contribution >= 4 is 17.7 Å². The van der Waals surface area contributed by atoms with Crippen molar-refractivity contribution in [1.29, 1.82) is 0 Å². The third kappa shape index (κ3) is 5.21. The zero-order valence-corrected chi connectivity index (χ0v) is 20.8. The van der Waals surface area contributed by atoms with Crippen molar-refractivity contribution in [2.75, 3.05) is 6.61 Å². The maximum Gasteiger partial charge on any atom is 0.307 e. The molecule has 1 N–H and O–H groups in total. The average molecular weight is 454 g/mol. The monoisotopic (exact) mass is 453 g/mol. The molecule has 2 aromatic rings. The smallest absolute Gasteiger partial charge is 0.307 e. The van der Waals surface area contributed by atoms with Gasteiger partial charge in [-0.2, -0.15) is 0 Å². The molecule has 3 rings (SSSR count). The van der Waals surface area contributed by atoms with E-state index in [0.29, 0.717) is 12.2 Å². The second-order valence-corrected chi connectivity index (χ2v) is 10.4. The Bertz CT molecular complexity index is 1080. The summed E-state index contributed by atoms with van der Waals surface area (Å²) in [7, 11) is 0. The molecule has 0 aliphatic heterocycles. The third-order valence-corrected chi connectivity index (χ3v) is 6.65. The third-order valence-electron chi connectivity index (χ3n) is 6.65. The van der Waals surface area contributed by atoms with E-state index in [0.717, 1.165) is 18.4 Å². The van der Waals surface area contributed by atoms with E-state index in [4.69, 9.17) is 9.15 Å². The highest BCUT2D eigenvalue weighted by molar-refractivity contribution is 6.09. The minimum atomic E-state index is -0.476. The Kier molecular flexibility index (Phi) is 6.87. The van der Waals surface area contributed by atoms with Gasteiger partial charge in [-0.1, -0.05) is 33.8 Å². The van der Waals surface area contributed by atoms with Gasteiger partial charge >= 0.3 is 5.97 Å². The summed E-state index contributed by atoms with van der Waals surface area (Å²) in [5.74, 6) is -0.946. The van der Waals surface area contributed by atoms with Crippen LogP contribution in [0.2, 0.25) is 0 Å². The number of ketones is 1. The second-order valence-electron chi connectivity index (χ2n) is 10.4. The fourth-order valence-electron chi connectivity index (χ4n) is 4.50. The first-order valence-corrected chi connectivity index (χ1v) is 11.6. The van der Waals surface area contributed by atoms with Crippen molar-refractivity contribution in [3.8, 4) is 0 Å². The number of amides is 1. The van der Waals surface area contributed by atoms with Crippen LogP contribution >= 0.6 is 0 Å². The summed E-state index contributed by atoms with van der Waals surface area (Å²) in [4.78, 5) is 37.4. The van der Waals surface area contributed by atoms with Crippen molar-refractivity contribution in [3.05, 3.63) is 58.0 Å². The van der Waals surface area contributed by atoms with Gasteiger partial charge in [0.1, 0.15) is 0 Å². The molecule has 1 unspecified atom stereocenters. The maximum absolute atomic E-state index is 13.3. The zero-order chi connectivity index (χ0) is 24.6. The minimum Gasteiger partial charge on any atom is -0.466 e. The first-order chi connectivity index (χ1) is 15.4. The molecule has 33 heavy (non-hydrogen) atoms. The highest BCUT2D eigenvalue weighted by Crippen LogP contribution is 2.46. The molecule has 6 nitrogen and oxygen atoms in total. The number of carbonyl (C=O) groups excluding carboxylic acids is 3. The van der Waals surface area contributed by atoms with E-state index in [1.165, 1.54) is 23.3 Å². The molecule has 6 heteroatoms. The lowest BCUT2D eigenvalue weighted by Gasteiger charge is -2.42. The summed E-state index contributed by atoms with van der Waals surface area (Å²) in [6, 6.07) is 6.74. The lowest BCUT2D eigenvalue weighted by molar-refractivity contribution is -0.143. The molecule has 1 aromatic heterocycles. The molecular weight excluding hydrogens is 418 g/mol. The Morgan fingerprint density at radius 3 is 2.21 bits per heavy atom. The van der Waals surface area contributed by atoms with Crippen LogP contribution in [0.25, 0.3) is 0 Å². The molecule has 0 saturated heterocycles. The zero-order valence-electron chi connectivity index (χ0n) is 20.8. The molecule has 1 atom stereocenters. The van der Waals surface area contributed by atoms with Crippen LogP contribution in [0.3, 0.4) is 0 Å². The van der Waals surface area contributed by atoms with E-state index in [1.807, 2.05) is 13.0 Å². The molecular formula is C27H35NO5. The van der Waals surface area contributed by atoms with Crippen molar-refractivity contribution < 1.29 is 23.5 Å². The predicted octanol–water partition coefficient (Wildman–Crippen LogP) is 5.24. The number of furan rings is 1. The van der Waals surface area contributed by atoms with Crippen molar-refractivity contribution in [1.82, 2.24) is 5.32 Å². The van der Waals surface area contributed by atoms with Gasteiger partial charge in [0.2, 0.25) is 5.78 Å². The Morgan fingerprint density at radius 1 is 1.03 bits per heavy atom. The summed E-state index contributed by atoms with van der Waals surface area (Å²) in [5, 5.41) is 2.70. The number of ether oxygens (including phenoxy) is 1. The maximum atomic E-state index is 13.3. The van der Waals surface area contributed by atoms with Crippen molar-refractivity contribution in [2.24, 2.45) is 0 Å². The Hall–Kier alpha value is -2.89. The first kappa shape index (κ1) is 24.7. The van der Waals surface area contributed by atoms with Gasteiger partial charge in [0.05, 0.1) is 13.0 Å². The number of hydrogen-bond donors (Lipinski definition) is 1. The SMILES string of the molecule is CCOC(=O)CC(C)NC(=O)c1ccc(C(=O)c2cc3c(cc2C)C(C)(C)CCC3(C)C)o1. The number of esters is 1. The molecule has 1 aromatic carbocycles. The predicted molar refractivity (Wildman–Crippen MR) is 127 cm³/mol.